The summed E-state index contributed by atoms with van der Waals surface area (Å²) < 4.78 is 3.60. The van der Waals surface area contributed by atoms with Gasteiger partial charge in [-0.05, 0) is 91.3 Å². The number of hydrogen-bond acceptors (Lipinski definition) is 1. The van der Waals surface area contributed by atoms with Gasteiger partial charge < -0.3 is 0 Å². The lowest BCUT2D eigenvalue weighted by molar-refractivity contribution is 0.931. The molecule has 3 heteroatoms. The van der Waals surface area contributed by atoms with E-state index in [2.05, 4.69) is 127 Å². The minimum Gasteiger partial charge on any atom is -0.260 e. The Morgan fingerprint density at radius 1 is 0.292 bits per heavy atom. The maximum Gasteiger partial charge on any atom is 0.338 e. The molecule has 226 valence electrons. The molecule has 1 heterocycles. The van der Waals surface area contributed by atoms with Crippen molar-refractivity contribution in [2.24, 2.45) is 0 Å². The average molecular weight is 615 g/mol. The lowest BCUT2D eigenvalue weighted by atomic mass is 9.85. The summed E-state index contributed by atoms with van der Waals surface area (Å²) in [7, 11) is 0. The first-order chi connectivity index (χ1) is 23.8. The molecule has 0 bridgehead atoms. The van der Waals surface area contributed by atoms with Crippen LogP contribution in [0.15, 0.2) is 187 Å². The molecule has 9 rings (SSSR count). The lowest BCUT2D eigenvalue weighted by Gasteiger charge is -2.18. The Kier molecular flexibility index (Phi) is 6.62. The quantitative estimate of drug-likeness (QED) is 0.177. The highest BCUT2D eigenvalue weighted by molar-refractivity contribution is 6.21. The van der Waals surface area contributed by atoms with E-state index in [0.717, 1.165) is 28.0 Å². The fourth-order valence-corrected chi connectivity index (χ4v) is 7.21. The molecule has 1 aromatic heterocycles. The largest absolute Gasteiger partial charge is 0.338 e. The zero-order valence-electron chi connectivity index (χ0n) is 26.1. The Morgan fingerprint density at radius 3 is 1.10 bits per heavy atom. The zero-order chi connectivity index (χ0) is 32.0. The summed E-state index contributed by atoms with van der Waals surface area (Å²) in [4.78, 5) is 14.0. The van der Waals surface area contributed by atoms with E-state index in [1.54, 1.807) is 4.57 Å². The molecule has 0 fully saturated rings. The molecule has 8 aromatic carbocycles. The van der Waals surface area contributed by atoms with E-state index >= 15 is 0 Å². The molecule has 0 saturated carbocycles. The van der Waals surface area contributed by atoms with Crippen molar-refractivity contribution in [2.45, 2.75) is 0 Å². The molecule has 48 heavy (non-hydrogen) atoms. The Balaban J connectivity index is 1.20. The molecule has 0 radical (unpaired) electrons. The van der Waals surface area contributed by atoms with Crippen molar-refractivity contribution in [1.29, 1.82) is 0 Å². The highest BCUT2D eigenvalue weighted by Crippen LogP contribution is 2.44. The van der Waals surface area contributed by atoms with E-state index < -0.39 is 0 Å². The number of hydrogen-bond donors (Lipinski definition) is 0. The van der Waals surface area contributed by atoms with Crippen molar-refractivity contribution in [3.63, 3.8) is 0 Å². The van der Waals surface area contributed by atoms with E-state index in [1.165, 1.54) is 49.4 Å². The molecule has 0 aliphatic rings. The molecular formula is C45H30N2O. The van der Waals surface area contributed by atoms with Crippen LogP contribution in [0.2, 0.25) is 0 Å². The predicted octanol–water partition coefficient (Wildman–Crippen LogP) is 11.1. The lowest BCUT2D eigenvalue weighted by Crippen LogP contribution is -2.22. The molecule has 0 spiro atoms. The maximum atomic E-state index is 14.0. The van der Waals surface area contributed by atoms with Crippen LogP contribution in [0.5, 0.6) is 0 Å². The van der Waals surface area contributed by atoms with Gasteiger partial charge in [-0.2, -0.15) is 0 Å². The third-order valence-corrected chi connectivity index (χ3v) is 9.39. The van der Waals surface area contributed by atoms with Crippen LogP contribution in [0.1, 0.15) is 0 Å². The van der Waals surface area contributed by atoms with E-state index in [4.69, 9.17) is 0 Å². The zero-order valence-corrected chi connectivity index (χ0v) is 26.1. The van der Waals surface area contributed by atoms with Gasteiger partial charge in [-0.1, -0.05) is 146 Å². The van der Waals surface area contributed by atoms with Gasteiger partial charge in [0.1, 0.15) is 0 Å². The van der Waals surface area contributed by atoms with Crippen molar-refractivity contribution in [2.75, 3.05) is 0 Å². The second-order valence-corrected chi connectivity index (χ2v) is 12.1. The fraction of sp³-hybridized carbons (Fsp3) is 0. The van der Waals surface area contributed by atoms with Crippen molar-refractivity contribution < 1.29 is 0 Å². The number of nitrogens with zero attached hydrogens (tertiary/aromatic N) is 2. The Labute approximate surface area is 278 Å². The Bertz CT molecular complexity index is 2590. The second kappa shape index (κ2) is 11.4. The molecule has 0 saturated heterocycles. The summed E-state index contributed by atoms with van der Waals surface area (Å²) in [6, 6.07) is 63.1. The Hall–Kier alpha value is -6.45. The fourth-order valence-electron chi connectivity index (χ4n) is 7.21. The van der Waals surface area contributed by atoms with E-state index in [1.807, 2.05) is 59.2 Å². The highest BCUT2D eigenvalue weighted by Gasteiger charge is 2.18. The van der Waals surface area contributed by atoms with Crippen LogP contribution in [0, 0.1) is 0 Å². The third kappa shape index (κ3) is 4.48. The van der Waals surface area contributed by atoms with Gasteiger partial charge in [0.15, 0.2) is 0 Å². The molecule has 0 aliphatic carbocycles. The van der Waals surface area contributed by atoms with Crippen molar-refractivity contribution in [1.82, 2.24) is 9.13 Å². The van der Waals surface area contributed by atoms with Gasteiger partial charge in [0.05, 0.1) is 22.4 Å². The first-order valence-corrected chi connectivity index (χ1v) is 16.2. The topological polar surface area (TPSA) is 26.9 Å². The van der Waals surface area contributed by atoms with E-state index in [9.17, 15) is 4.79 Å². The van der Waals surface area contributed by atoms with Gasteiger partial charge in [-0.3, -0.25) is 9.13 Å². The summed E-state index contributed by atoms with van der Waals surface area (Å²) >= 11 is 0. The monoisotopic (exact) mass is 614 g/mol. The molecular weight excluding hydrogens is 585 g/mol. The van der Waals surface area contributed by atoms with E-state index in [-0.39, 0.29) is 5.69 Å². The molecule has 0 aliphatic heterocycles. The second-order valence-electron chi connectivity index (χ2n) is 12.1. The van der Waals surface area contributed by atoms with E-state index in [0.29, 0.717) is 0 Å². The minimum absolute atomic E-state index is 0.0892. The molecule has 3 nitrogen and oxygen atoms in total. The SMILES string of the molecule is O=c1n(-c2ccccc2)c2ccccc2n1-c1ccc(-c2c3ccccc3c(-c3ccc(-c4ccccc4)cc3)c3ccccc23)cc1. The molecule has 0 amide bonds. The molecule has 0 atom stereocenters. The van der Waals surface area contributed by atoms with Crippen LogP contribution in [-0.2, 0) is 0 Å². The van der Waals surface area contributed by atoms with Crippen LogP contribution in [0.25, 0.3) is 77.3 Å². The number of rotatable bonds is 5. The van der Waals surface area contributed by atoms with Gasteiger partial charge in [0.2, 0.25) is 0 Å². The number of para-hydroxylation sites is 3. The van der Waals surface area contributed by atoms with Crippen molar-refractivity contribution >= 4 is 32.6 Å². The van der Waals surface area contributed by atoms with Gasteiger partial charge >= 0.3 is 5.69 Å². The van der Waals surface area contributed by atoms with Crippen LogP contribution in [0.3, 0.4) is 0 Å². The first-order valence-electron chi connectivity index (χ1n) is 16.2. The first kappa shape index (κ1) is 27.8. The summed E-state index contributed by atoms with van der Waals surface area (Å²) in [5.41, 5.74) is 10.5. The van der Waals surface area contributed by atoms with Gasteiger partial charge in [-0.15, -0.1) is 0 Å². The number of benzene rings is 8. The van der Waals surface area contributed by atoms with Crippen molar-refractivity contribution in [3.8, 4) is 44.8 Å². The standard InChI is InChI=1S/C45H30N2O/c48-45-46(35-15-5-2-6-16-35)41-21-11-12-22-42(41)47(45)36-29-27-34(28-30-36)44-39-19-9-7-17-37(39)43(38-18-8-10-20-40(38)44)33-25-23-32(24-26-33)31-13-3-1-4-14-31/h1-30H. The Morgan fingerprint density at radius 2 is 0.625 bits per heavy atom. The smallest absolute Gasteiger partial charge is 0.260 e. The minimum atomic E-state index is -0.0892. The van der Waals surface area contributed by atoms with Crippen molar-refractivity contribution in [3.05, 3.63) is 192 Å². The predicted molar refractivity (Wildman–Crippen MR) is 200 cm³/mol. The summed E-state index contributed by atoms with van der Waals surface area (Å²) in [6.45, 7) is 0. The average Bonchev–Trinajstić information content (AvgIpc) is 3.46. The molecule has 0 N–H and O–H groups in total. The highest BCUT2D eigenvalue weighted by atomic mass is 16.1. The molecule has 9 aromatic rings. The summed E-state index contributed by atoms with van der Waals surface area (Å²) in [6.07, 6.45) is 0. The van der Waals surface area contributed by atoms with Crippen LogP contribution < -0.4 is 5.69 Å². The van der Waals surface area contributed by atoms with Crippen LogP contribution in [0.4, 0.5) is 0 Å². The van der Waals surface area contributed by atoms with Crippen LogP contribution >= 0.6 is 0 Å². The normalized spacial score (nSPS) is 11.4. The van der Waals surface area contributed by atoms with Gasteiger partial charge in [-0.25, -0.2) is 4.79 Å². The van der Waals surface area contributed by atoms with Gasteiger partial charge in [0.25, 0.3) is 0 Å². The number of aromatic nitrogens is 2. The maximum absolute atomic E-state index is 14.0. The summed E-state index contributed by atoms with van der Waals surface area (Å²) in [5, 5.41) is 4.82. The number of fused-ring (bicyclic) bond motifs is 3. The number of imidazole rings is 1. The van der Waals surface area contributed by atoms with Crippen LogP contribution in [-0.4, -0.2) is 9.13 Å². The molecule has 0 unspecified atom stereocenters. The summed E-state index contributed by atoms with van der Waals surface area (Å²) in [5.74, 6) is 0. The third-order valence-electron chi connectivity index (χ3n) is 9.39. The van der Waals surface area contributed by atoms with Gasteiger partial charge in [0, 0.05) is 0 Å².